The zero-order chi connectivity index (χ0) is 21.5. The lowest BCUT2D eigenvalue weighted by molar-refractivity contribution is -0.118. The van der Waals surface area contributed by atoms with Crippen LogP contribution in [0.15, 0.2) is 48.5 Å². The van der Waals surface area contributed by atoms with E-state index >= 15 is 0 Å². The molecule has 1 heterocycles. The fraction of sp³-hybridized carbons (Fsp3) is 0.190. The first-order valence-corrected chi connectivity index (χ1v) is 10.0. The molecule has 1 amide bonds. The third kappa shape index (κ3) is 6.23. The van der Waals surface area contributed by atoms with Crippen molar-refractivity contribution in [3.05, 3.63) is 64.3 Å². The van der Waals surface area contributed by atoms with Gasteiger partial charge in [0.05, 0.1) is 5.02 Å². The van der Waals surface area contributed by atoms with Crippen molar-refractivity contribution >= 4 is 52.3 Å². The van der Waals surface area contributed by atoms with Crippen LogP contribution in [0.1, 0.15) is 12.6 Å². The summed E-state index contributed by atoms with van der Waals surface area (Å²) in [7, 11) is 0. The maximum Gasteiger partial charge on any atom is 0.262 e. The van der Waals surface area contributed by atoms with Crippen LogP contribution in [-0.2, 0) is 4.79 Å². The van der Waals surface area contributed by atoms with Gasteiger partial charge in [-0.25, -0.2) is 4.98 Å². The molecule has 7 nitrogen and oxygen atoms in total. The Balaban J connectivity index is 1.56. The smallest absolute Gasteiger partial charge is 0.262 e. The maximum atomic E-state index is 12.1. The van der Waals surface area contributed by atoms with Crippen molar-refractivity contribution < 1.29 is 9.53 Å². The molecular weight excluding hydrogens is 425 g/mol. The van der Waals surface area contributed by atoms with Crippen LogP contribution in [0.25, 0.3) is 0 Å². The second-order valence-electron chi connectivity index (χ2n) is 6.36. The molecule has 0 bridgehead atoms. The Morgan fingerprint density at radius 3 is 2.47 bits per heavy atom. The number of amides is 1. The molecule has 0 radical (unpaired) electrons. The number of aryl methyl sites for hydroxylation is 1. The molecule has 3 aromatic rings. The molecule has 0 aliphatic heterocycles. The Kier molecular flexibility index (Phi) is 7.32. The quantitative estimate of drug-likeness (QED) is 0.436. The van der Waals surface area contributed by atoms with Crippen LogP contribution < -0.4 is 20.7 Å². The van der Waals surface area contributed by atoms with Gasteiger partial charge in [-0.05, 0) is 56.3 Å². The summed E-state index contributed by atoms with van der Waals surface area (Å²) in [4.78, 5) is 20.9. The number of nitrogens with one attached hydrogen (secondary N) is 3. The van der Waals surface area contributed by atoms with Gasteiger partial charge >= 0.3 is 0 Å². The van der Waals surface area contributed by atoms with E-state index in [1.165, 1.54) is 0 Å². The minimum Gasteiger partial charge on any atom is -0.482 e. The summed E-state index contributed by atoms with van der Waals surface area (Å²) in [6.07, 6.45) is 0. The Bertz CT molecular complexity index is 1030. The highest BCUT2D eigenvalue weighted by molar-refractivity contribution is 6.35. The first-order chi connectivity index (χ1) is 14.4. The number of aromatic nitrogens is 2. The number of rotatable bonds is 8. The number of benzene rings is 2. The molecule has 0 saturated heterocycles. The van der Waals surface area contributed by atoms with Gasteiger partial charge in [-0.15, -0.1) is 0 Å². The number of nitrogens with zero attached hydrogens (tertiary/aromatic N) is 2. The maximum absolute atomic E-state index is 12.1. The van der Waals surface area contributed by atoms with Gasteiger partial charge in [0.25, 0.3) is 5.91 Å². The van der Waals surface area contributed by atoms with Gasteiger partial charge in [-0.2, -0.15) is 4.98 Å². The van der Waals surface area contributed by atoms with Gasteiger partial charge in [0.2, 0.25) is 5.95 Å². The number of carbonyl (C=O) groups is 1. The molecule has 0 saturated carbocycles. The summed E-state index contributed by atoms with van der Waals surface area (Å²) in [5.74, 6) is 1.35. The molecule has 1 aromatic heterocycles. The van der Waals surface area contributed by atoms with Gasteiger partial charge < -0.3 is 20.7 Å². The average Bonchev–Trinajstić information content (AvgIpc) is 2.69. The lowest BCUT2D eigenvalue weighted by Crippen LogP contribution is -2.20. The summed E-state index contributed by atoms with van der Waals surface area (Å²) in [5, 5.41) is 9.95. The first kappa shape index (κ1) is 21.7. The van der Waals surface area contributed by atoms with Gasteiger partial charge in [-0.3, -0.25) is 4.79 Å². The van der Waals surface area contributed by atoms with E-state index in [0.717, 1.165) is 17.9 Å². The van der Waals surface area contributed by atoms with Gasteiger partial charge in [0.1, 0.15) is 11.6 Å². The molecule has 0 spiro atoms. The van der Waals surface area contributed by atoms with Crippen LogP contribution in [0.5, 0.6) is 5.75 Å². The molecular formula is C21H21Cl2N5O2. The SMILES string of the molecule is CCNc1nc(C)cc(Nc2ccc(NC(=O)COc3ccc(Cl)cc3Cl)cc2)n1. The van der Waals surface area contributed by atoms with Crippen molar-refractivity contribution in [2.24, 2.45) is 0 Å². The summed E-state index contributed by atoms with van der Waals surface area (Å²) < 4.78 is 5.44. The minimum atomic E-state index is -0.302. The van der Waals surface area contributed by atoms with E-state index in [-0.39, 0.29) is 12.5 Å². The van der Waals surface area contributed by atoms with Crippen molar-refractivity contribution in [3.63, 3.8) is 0 Å². The molecule has 3 rings (SSSR count). The second-order valence-corrected chi connectivity index (χ2v) is 7.21. The Hall–Kier alpha value is -3.03. The molecule has 3 N–H and O–H groups in total. The van der Waals surface area contributed by atoms with E-state index in [9.17, 15) is 4.79 Å². The zero-order valence-corrected chi connectivity index (χ0v) is 18.0. The number of ether oxygens (including phenoxy) is 1. The van der Waals surface area contributed by atoms with Crippen molar-refractivity contribution in [1.82, 2.24) is 9.97 Å². The van der Waals surface area contributed by atoms with Crippen LogP contribution >= 0.6 is 23.2 Å². The molecule has 0 atom stereocenters. The third-order valence-corrected chi connectivity index (χ3v) is 4.41. The van der Waals surface area contributed by atoms with Crippen LogP contribution in [-0.4, -0.2) is 29.0 Å². The van der Waals surface area contributed by atoms with Crippen LogP contribution in [0, 0.1) is 6.92 Å². The first-order valence-electron chi connectivity index (χ1n) is 9.27. The van der Waals surface area contributed by atoms with E-state index in [1.54, 1.807) is 30.3 Å². The predicted molar refractivity (Wildman–Crippen MR) is 121 cm³/mol. The molecule has 0 fully saturated rings. The summed E-state index contributed by atoms with van der Waals surface area (Å²) >= 11 is 11.9. The van der Waals surface area contributed by atoms with Crippen LogP contribution in [0.3, 0.4) is 0 Å². The number of halogens is 2. The number of hydrogen-bond acceptors (Lipinski definition) is 6. The Morgan fingerprint density at radius 2 is 1.77 bits per heavy atom. The van der Waals surface area contributed by atoms with E-state index in [2.05, 4.69) is 25.9 Å². The number of carbonyl (C=O) groups excluding carboxylic acids is 1. The fourth-order valence-corrected chi connectivity index (χ4v) is 3.05. The summed E-state index contributed by atoms with van der Waals surface area (Å²) in [6.45, 7) is 4.46. The molecule has 0 aliphatic carbocycles. The summed E-state index contributed by atoms with van der Waals surface area (Å²) in [6, 6.07) is 13.9. The van der Waals surface area contributed by atoms with Gasteiger partial charge in [0.15, 0.2) is 6.61 Å². The van der Waals surface area contributed by atoms with E-state index < -0.39 is 0 Å². The van der Waals surface area contributed by atoms with Crippen molar-refractivity contribution in [2.75, 3.05) is 29.1 Å². The highest BCUT2D eigenvalue weighted by Gasteiger charge is 2.08. The largest absolute Gasteiger partial charge is 0.482 e. The molecule has 0 unspecified atom stereocenters. The second kappa shape index (κ2) is 10.1. The third-order valence-electron chi connectivity index (χ3n) is 3.88. The highest BCUT2D eigenvalue weighted by Crippen LogP contribution is 2.27. The lowest BCUT2D eigenvalue weighted by atomic mass is 10.2. The molecule has 156 valence electrons. The summed E-state index contributed by atoms with van der Waals surface area (Å²) in [5.41, 5.74) is 2.33. The lowest BCUT2D eigenvalue weighted by Gasteiger charge is -2.11. The topological polar surface area (TPSA) is 88.2 Å². The number of anilines is 4. The molecule has 0 aliphatic rings. The van der Waals surface area contributed by atoms with Gasteiger partial charge in [-0.1, -0.05) is 23.2 Å². The Morgan fingerprint density at radius 1 is 1.03 bits per heavy atom. The Labute approximate surface area is 184 Å². The fourth-order valence-electron chi connectivity index (χ4n) is 2.59. The standard InChI is InChI=1S/C21H21Cl2N5O2/c1-3-24-21-25-13(2)10-19(28-21)26-15-5-7-16(8-6-15)27-20(29)12-30-18-9-4-14(22)11-17(18)23/h4-11H,3,12H2,1-2H3,(H,27,29)(H2,24,25,26,28). The van der Waals surface area contributed by atoms with E-state index in [0.29, 0.717) is 33.2 Å². The van der Waals surface area contributed by atoms with Crippen LogP contribution in [0.4, 0.5) is 23.1 Å². The van der Waals surface area contributed by atoms with E-state index in [1.807, 2.05) is 32.0 Å². The van der Waals surface area contributed by atoms with E-state index in [4.69, 9.17) is 27.9 Å². The van der Waals surface area contributed by atoms with Crippen molar-refractivity contribution in [1.29, 1.82) is 0 Å². The molecule has 9 heteroatoms. The highest BCUT2D eigenvalue weighted by atomic mass is 35.5. The zero-order valence-electron chi connectivity index (χ0n) is 16.5. The monoisotopic (exact) mass is 445 g/mol. The van der Waals surface area contributed by atoms with Gasteiger partial charge in [0, 0.05) is 34.7 Å². The molecule has 30 heavy (non-hydrogen) atoms. The normalized spacial score (nSPS) is 10.4. The predicted octanol–water partition coefficient (Wildman–Crippen LogP) is 5.28. The average molecular weight is 446 g/mol. The van der Waals surface area contributed by atoms with Crippen molar-refractivity contribution in [3.8, 4) is 5.75 Å². The molecule has 2 aromatic carbocycles. The van der Waals surface area contributed by atoms with Crippen molar-refractivity contribution in [2.45, 2.75) is 13.8 Å². The minimum absolute atomic E-state index is 0.172. The van der Waals surface area contributed by atoms with Crippen LogP contribution in [0.2, 0.25) is 10.0 Å². The number of hydrogen-bond donors (Lipinski definition) is 3.